The van der Waals surface area contributed by atoms with Crippen molar-refractivity contribution in [2.45, 2.75) is 25.0 Å². The lowest BCUT2D eigenvalue weighted by atomic mass is 9.94. The molecule has 0 aromatic heterocycles. The first-order valence-electron chi connectivity index (χ1n) is 3.59. The summed E-state index contributed by atoms with van der Waals surface area (Å²) >= 11 is 0. The van der Waals surface area contributed by atoms with Crippen LogP contribution in [0.15, 0.2) is 0 Å². The summed E-state index contributed by atoms with van der Waals surface area (Å²) in [6.07, 6.45) is 0.130. The number of nitrogens with zero attached hydrogens (tertiary/aromatic N) is 1. The van der Waals surface area contributed by atoms with Gasteiger partial charge in [-0.3, -0.25) is 0 Å². The molecule has 0 aliphatic carbocycles. The van der Waals surface area contributed by atoms with Crippen molar-refractivity contribution in [1.82, 2.24) is 4.90 Å². The van der Waals surface area contributed by atoms with Gasteiger partial charge in [-0.15, -0.1) is 0 Å². The van der Waals surface area contributed by atoms with Crippen molar-refractivity contribution < 1.29 is 10.2 Å². The molecule has 60 valence electrons. The number of aliphatic hydroxyl groups is 2. The molecule has 0 aromatic rings. The molecular weight excluding hydrogens is 130 g/mol. The molecule has 1 aliphatic rings. The van der Waals surface area contributed by atoms with E-state index in [1.807, 2.05) is 11.9 Å². The number of hydrogen-bond donors (Lipinski definition) is 2. The van der Waals surface area contributed by atoms with Crippen LogP contribution in [0.1, 0.15) is 13.3 Å². The summed E-state index contributed by atoms with van der Waals surface area (Å²) in [5, 5.41) is 18.7. The third kappa shape index (κ3) is 1.94. The fourth-order valence-electron chi connectivity index (χ4n) is 1.64. The lowest BCUT2D eigenvalue weighted by molar-refractivity contribution is -0.0609. The number of rotatable bonds is 0. The van der Waals surface area contributed by atoms with Crippen LogP contribution in [0.5, 0.6) is 0 Å². The molecule has 3 nitrogen and oxygen atoms in total. The van der Waals surface area contributed by atoms with E-state index >= 15 is 0 Å². The second-order valence-electron chi connectivity index (χ2n) is 3.55. The van der Waals surface area contributed by atoms with Crippen molar-refractivity contribution in [3.63, 3.8) is 0 Å². The summed E-state index contributed by atoms with van der Waals surface area (Å²) in [4.78, 5) is 1.94. The molecule has 2 N–H and O–H groups in total. The first kappa shape index (κ1) is 7.98. The van der Waals surface area contributed by atoms with Crippen LogP contribution in [-0.4, -0.2) is 47.0 Å². The Balaban J connectivity index is 2.51. The smallest absolute Gasteiger partial charge is 0.0771 e. The molecule has 1 rings (SSSR count). The first-order chi connectivity index (χ1) is 4.49. The minimum absolute atomic E-state index is 0.367. The molecule has 1 heterocycles. The minimum atomic E-state index is -0.702. The van der Waals surface area contributed by atoms with Crippen LogP contribution in [0.2, 0.25) is 0 Å². The number of likely N-dealkylation sites (N-methyl/N-ethyl adjacent to an activating group) is 1. The Morgan fingerprint density at radius 1 is 1.60 bits per heavy atom. The summed E-state index contributed by atoms with van der Waals surface area (Å²) in [7, 11) is 1.90. The molecule has 0 spiro atoms. The molecule has 3 heteroatoms. The van der Waals surface area contributed by atoms with Gasteiger partial charge in [-0.05, 0) is 14.0 Å². The highest BCUT2D eigenvalue weighted by molar-refractivity contribution is 4.85. The maximum absolute atomic E-state index is 9.51. The molecule has 1 aliphatic heterocycles. The Kier molecular flexibility index (Phi) is 1.99. The number of likely N-dealkylation sites (tertiary alicyclic amines) is 1. The van der Waals surface area contributed by atoms with Crippen molar-refractivity contribution in [2.75, 3.05) is 20.1 Å². The number of hydrogen-bond acceptors (Lipinski definition) is 3. The minimum Gasteiger partial charge on any atom is -0.392 e. The van der Waals surface area contributed by atoms with Gasteiger partial charge in [0.1, 0.15) is 0 Å². The van der Waals surface area contributed by atoms with Crippen LogP contribution in [0.3, 0.4) is 0 Å². The molecule has 0 bridgehead atoms. The standard InChI is InChI=1S/C7H15NO2/c1-7(10)3-6(9)4-8(2)5-7/h6,9-10H,3-5H2,1-2H3. The Labute approximate surface area is 61.3 Å². The molecule has 1 fully saturated rings. The SMILES string of the molecule is CN1CC(O)CC(C)(O)C1. The van der Waals surface area contributed by atoms with Gasteiger partial charge in [-0.2, -0.15) is 0 Å². The third-order valence-electron chi connectivity index (χ3n) is 1.81. The van der Waals surface area contributed by atoms with Crippen LogP contribution in [0.4, 0.5) is 0 Å². The largest absolute Gasteiger partial charge is 0.392 e. The highest BCUT2D eigenvalue weighted by Gasteiger charge is 2.31. The van der Waals surface area contributed by atoms with Crippen LogP contribution in [-0.2, 0) is 0 Å². The van der Waals surface area contributed by atoms with Crippen LogP contribution >= 0.6 is 0 Å². The summed E-state index contributed by atoms with van der Waals surface area (Å²) < 4.78 is 0. The van der Waals surface area contributed by atoms with Crippen LogP contribution in [0, 0.1) is 0 Å². The van der Waals surface area contributed by atoms with Crippen molar-refractivity contribution in [1.29, 1.82) is 0 Å². The first-order valence-corrected chi connectivity index (χ1v) is 3.59. The van der Waals surface area contributed by atoms with Gasteiger partial charge in [0.2, 0.25) is 0 Å². The van der Waals surface area contributed by atoms with E-state index < -0.39 is 5.60 Å². The normalized spacial score (nSPS) is 43.8. The van der Waals surface area contributed by atoms with Gasteiger partial charge in [0.25, 0.3) is 0 Å². The van der Waals surface area contributed by atoms with Crippen molar-refractivity contribution in [3.05, 3.63) is 0 Å². The predicted octanol–water partition coefficient (Wildman–Crippen LogP) is -0.566. The quantitative estimate of drug-likeness (QED) is 0.480. The second-order valence-corrected chi connectivity index (χ2v) is 3.55. The molecular formula is C7H15NO2. The van der Waals surface area contributed by atoms with Crippen molar-refractivity contribution >= 4 is 0 Å². The molecule has 0 aromatic carbocycles. The third-order valence-corrected chi connectivity index (χ3v) is 1.81. The lowest BCUT2D eigenvalue weighted by Crippen LogP contribution is -2.50. The van der Waals surface area contributed by atoms with Gasteiger partial charge in [0.15, 0.2) is 0 Å². The number of piperidine rings is 1. The van der Waals surface area contributed by atoms with E-state index in [0.29, 0.717) is 19.5 Å². The maximum Gasteiger partial charge on any atom is 0.0771 e. The van der Waals surface area contributed by atoms with Crippen molar-refractivity contribution in [2.24, 2.45) is 0 Å². The second kappa shape index (κ2) is 2.49. The molecule has 0 radical (unpaired) electrons. The molecule has 1 saturated heterocycles. The Bertz CT molecular complexity index is 113. The van der Waals surface area contributed by atoms with Gasteiger partial charge in [0, 0.05) is 19.5 Å². The number of aliphatic hydroxyl groups excluding tert-OH is 1. The summed E-state index contributed by atoms with van der Waals surface area (Å²) in [5.41, 5.74) is -0.702. The Hall–Kier alpha value is -0.120. The van der Waals surface area contributed by atoms with Gasteiger partial charge in [0.05, 0.1) is 11.7 Å². The zero-order valence-electron chi connectivity index (χ0n) is 6.54. The van der Waals surface area contributed by atoms with Crippen LogP contribution in [0.25, 0.3) is 0 Å². The Morgan fingerprint density at radius 2 is 2.20 bits per heavy atom. The molecule has 0 amide bonds. The predicted molar refractivity (Wildman–Crippen MR) is 38.7 cm³/mol. The van der Waals surface area contributed by atoms with E-state index in [-0.39, 0.29) is 6.10 Å². The van der Waals surface area contributed by atoms with E-state index in [4.69, 9.17) is 0 Å². The monoisotopic (exact) mass is 145 g/mol. The molecule has 2 atom stereocenters. The highest BCUT2D eigenvalue weighted by atomic mass is 16.3. The van der Waals surface area contributed by atoms with E-state index in [1.54, 1.807) is 6.92 Å². The average Bonchev–Trinajstić information content (AvgIpc) is 1.54. The average molecular weight is 145 g/mol. The van der Waals surface area contributed by atoms with Crippen molar-refractivity contribution in [3.8, 4) is 0 Å². The Morgan fingerprint density at radius 3 is 2.60 bits per heavy atom. The topological polar surface area (TPSA) is 43.7 Å². The van der Waals surface area contributed by atoms with Gasteiger partial charge in [-0.25, -0.2) is 0 Å². The zero-order chi connectivity index (χ0) is 7.78. The maximum atomic E-state index is 9.51. The van der Waals surface area contributed by atoms with E-state index in [0.717, 1.165) is 0 Å². The fourth-order valence-corrected chi connectivity index (χ4v) is 1.64. The summed E-state index contributed by atoms with van der Waals surface area (Å²) in [6.45, 7) is 3.09. The van der Waals surface area contributed by atoms with E-state index in [2.05, 4.69) is 0 Å². The van der Waals surface area contributed by atoms with Gasteiger partial charge in [-0.1, -0.05) is 0 Å². The van der Waals surface area contributed by atoms with Gasteiger partial charge >= 0.3 is 0 Å². The van der Waals surface area contributed by atoms with E-state index in [9.17, 15) is 10.2 Å². The summed E-state index contributed by atoms with van der Waals surface area (Å²) in [5.74, 6) is 0. The highest BCUT2D eigenvalue weighted by Crippen LogP contribution is 2.18. The van der Waals surface area contributed by atoms with Crippen LogP contribution < -0.4 is 0 Å². The van der Waals surface area contributed by atoms with E-state index in [1.165, 1.54) is 0 Å². The van der Waals surface area contributed by atoms with Gasteiger partial charge < -0.3 is 15.1 Å². The fraction of sp³-hybridized carbons (Fsp3) is 1.00. The summed E-state index contributed by atoms with van der Waals surface area (Å²) in [6, 6.07) is 0. The molecule has 10 heavy (non-hydrogen) atoms. The lowest BCUT2D eigenvalue weighted by Gasteiger charge is -2.37. The number of β-amino-alcohol motifs (C(OH)–C–C–N with tert-alkyl or cyclic N) is 2. The molecule has 2 unspecified atom stereocenters. The zero-order valence-corrected chi connectivity index (χ0v) is 6.54. The molecule has 0 saturated carbocycles.